The van der Waals surface area contributed by atoms with Crippen LogP contribution in [0.5, 0.6) is 0 Å². The van der Waals surface area contributed by atoms with Crippen LogP contribution in [0.3, 0.4) is 0 Å². The van der Waals surface area contributed by atoms with E-state index in [4.69, 9.17) is 4.98 Å². The van der Waals surface area contributed by atoms with E-state index in [0.29, 0.717) is 5.69 Å². The minimum atomic E-state index is -0.234. The zero-order valence-electron chi connectivity index (χ0n) is 20.1. The van der Waals surface area contributed by atoms with Crippen molar-refractivity contribution in [3.8, 4) is 11.3 Å². The second-order valence-corrected chi connectivity index (χ2v) is 9.02. The average Bonchev–Trinajstić information content (AvgIpc) is 3.16. The summed E-state index contributed by atoms with van der Waals surface area (Å²) in [6.45, 7) is 12.2. The minimum absolute atomic E-state index is 0.0477. The second kappa shape index (κ2) is 10.6. The van der Waals surface area contributed by atoms with Crippen molar-refractivity contribution in [1.29, 1.82) is 0 Å². The fourth-order valence-electron chi connectivity index (χ4n) is 3.72. The van der Waals surface area contributed by atoms with Gasteiger partial charge in [0.05, 0.1) is 23.0 Å². The van der Waals surface area contributed by atoms with Crippen molar-refractivity contribution >= 4 is 22.8 Å². The number of carbonyl (C=O) groups excluding carboxylic acids is 1. The highest BCUT2D eigenvalue weighted by Gasteiger charge is 2.16. The maximum atomic E-state index is 12.4. The van der Waals surface area contributed by atoms with Crippen molar-refractivity contribution in [3.63, 3.8) is 0 Å². The first-order valence-corrected chi connectivity index (χ1v) is 11.5. The lowest BCUT2D eigenvalue weighted by Gasteiger charge is -2.17. The Hall–Kier alpha value is -2.93. The molecule has 32 heavy (non-hydrogen) atoms. The highest BCUT2D eigenvalue weighted by molar-refractivity contribution is 6.00. The Morgan fingerprint density at radius 2 is 1.97 bits per heavy atom. The van der Waals surface area contributed by atoms with Crippen LogP contribution in [-0.2, 0) is 6.54 Å². The standard InChI is InChI=1S/C25H36N6O/c1-7-8-12-30(6)16-19-10-9-11-20(13-19)22-14-23(29-25(32)27-17(2)3)21-15-26-31(18(4)5)24(21)28-22/h9-11,13-15,17-18H,7-8,12,16H2,1-6H3,(H2,27,28,29,32). The van der Waals surface area contributed by atoms with Gasteiger partial charge in [0.1, 0.15) is 0 Å². The van der Waals surface area contributed by atoms with Crippen LogP contribution in [0.15, 0.2) is 36.5 Å². The smallest absolute Gasteiger partial charge is 0.319 e. The van der Waals surface area contributed by atoms with Crippen molar-refractivity contribution in [3.05, 3.63) is 42.1 Å². The van der Waals surface area contributed by atoms with Crippen LogP contribution in [-0.4, -0.2) is 45.3 Å². The van der Waals surface area contributed by atoms with Gasteiger partial charge in [-0.1, -0.05) is 31.5 Å². The number of unbranched alkanes of at least 4 members (excludes halogenated alkanes) is 1. The molecule has 2 N–H and O–H groups in total. The lowest BCUT2D eigenvalue weighted by molar-refractivity contribution is 0.250. The molecule has 3 aromatic rings. The SMILES string of the molecule is CCCCN(C)Cc1cccc(-c2cc(NC(=O)NC(C)C)c3cnn(C(C)C)c3n2)c1. The Morgan fingerprint density at radius 1 is 1.19 bits per heavy atom. The number of aromatic nitrogens is 3. The lowest BCUT2D eigenvalue weighted by atomic mass is 10.1. The largest absolute Gasteiger partial charge is 0.336 e. The molecule has 0 unspecified atom stereocenters. The van der Waals surface area contributed by atoms with Crippen molar-refractivity contribution in [2.75, 3.05) is 18.9 Å². The summed E-state index contributed by atoms with van der Waals surface area (Å²) in [6, 6.07) is 10.4. The lowest BCUT2D eigenvalue weighted by Crippen LogP contribution is -2.34. The van der Waals surface area contributed by atoms with Crippen LogP contribution in [0, 0.1) is 0 Å². The summed E-state index contributed by atoms with van der Waals surface area (Å²) in [5, 5.41) is 11.2. The van der Waals surface area contributed by atoms with Gasteiger partial charge < -0.3 is 15.5 Å². The molecule has 2 aromatic heterocycles. The predicted molar refractivity (Wildman–Crippen MR) is 132 cm³/mol. The van der Waals surface area contributed by atoms with Gasteiger partial charge in [-0.3, -0.25) is 0 Å². The molecule has 0 aliphatic rings. The van der Waals surface area contributed by atoms with Crippen molar-refractivity contribution in [2.45, 2.75) is 66.1 Å². The highest BCUT2D eigenvalue weighted by Crippen LogP contribution is 2.30. The van der Waals surface area contributed by atoms with E-state index in [2.05, 4.69) is 72.7 Å². The topological polar surface area (TPSA) is 75.1 Å². The number of pyridine rings is 1. The number of nitrogens with zero attached hydrogens (tertiary/aromatic N) is 4. The summed E-state index contributed by atoms with van der Waals surface area (Å²) in [6.07, 6.45) is 4.16. The Kier molecular flexibility index (Phi) is 7.85. The van der Waals surface area contributed by atoms with E-state index in [1.807, 2.05) is 24.6 Å². The van der Waals surface area contributed by atoms with E-state index in [1.165, 1.54) is 18.4 Å². The number of carbonyl (C=O) groups is 1. The number of hydrogen-bond donors (Lipinski definition) is 2. The number of fused-ring (bicyclic) bond motifs is 1. The normalized spacial score (nSPS) is 11.7. The van der Waals surface area contributed by atoms with Crippen LogP contribution in [0.1, 0.15) is 59.1 Å². The summed E-state index contributed by atoms with van der Waals surface area (Å²) in [4.78, 5) is 19.7. The third-order valence-corrected chi connectivity index (χ3v) is 5.29. The molecule has 0 saturated heterocycles. The predicted octanol–water partition coefficient (Wildman–Crippen LogP) is 5.44. The van der Waals surface area contributed by atoms with Crippen molar-refractivity contribution in [2.24, 2.45) is 0 Å². The number of hydrogen-bond acceptors (Lipinski definition) is 4. The molecule has 2 amide bonds. The Balaban J connectivity index is 2.00. The third kappa shape index (κ3) is 5.85. The Morgan fingerprint density at radius 3 is 2.66 bits per heavy atom. The first kappa shape index (κ1) is 23.7. The molecule has 0 fully saturated rings. The monoisotopic (exact) mass is 436 g/mol. The van der Waals surface area contributed by atoms with E-state index in [-0.39, 0.29) is 18.1 Å². The molecule has 0 aliphatic heterocycles. The average molecular weight is 437 g/mol. The Bertz CT molecular complexity index is 1060. The number of rotatable bonds is 9. The second-order valence-electron chi connectivity index (χ2n) is 9.02. The number of benzene rings is 1. The molecule has 0 saturated carbocycles. The molecule has 7 heteroatoms. The van der Waals surface area contributed by atoms with Gasteiger partial charge >= 0.3 is 6.03 Å². The Labute approximate surface area is 191 Å². The number of nitrogens with one attached hydrogen (secondary N) is 2. The molecule has 1 aromatic carbocycles. The number of amides is 2. The van der Waals surface area contributed by atoms with Crippen molar-refractivity contribution in [1.82, 2.24) is 25.0 Å². The van der Waals surface area contributed by atoms with E-state index in [9.17, 15) is 4.79 Å². The van der Waals surface area contributed by atoms with E-state index >= 15 is 0 Å². The maximum absolute atomic E-state index is 12.4. The fourth-order valence-corrected chi connectivity index (χ4v) is 3.72. The van der Waals surface area contributed by atoms with Gasteiger partial charge in [0.25, 0.3) is 0 Å². The zero-order chi connectivity index (χ0) is 23.3. The molecular formula is C25H36N6O. The molecule has 0 aliphatic carbocycles. The first-order chi connectivity index (χ1) is 15.3. The molecule has 7 nitrogen and oxygen atoms in total. The van der Waals surface area contributed by atoms with Crippen LogP contribution >= 0.6 is 0 Å². The number of urea groups is 1. The molecule has 172 valence electrons. The van der Waals surface area contributed by atoms with Gasteiger partial charge in [-0.05, 0) is 65.4 Å². The molecule has 2 heterocycles. The molecular weight excluding hydrogens is 400 g/mol. The van der Waals surface area contributed by atoms with Gasteiger partial charge in [-0.2, -0.15) is 5.10 Å². The van der Waals surface area contributed by atoms with Crippen LogP contribution in [0.2, 0.25) is 0 Å². The minimum Gasteiger partial charge on any atom is -0.336 e. The van der Waals surface area contributed by atoms with Gasteiger partial charge in [-0.15, -0.1) is 0 Å². The van der Waals surface area contributed by atoms with E-state index < -0.39 is 0 Å². The highest BCUT2D eigenvalue weighted by atomic mass is 16.2. The van der Waals surface area contributed by atoms with Gasteiger partial charge in [-0.25, -0.2) is 14.5 Å². The third-order valence-electron chi connectivity index (χ3n) is 5.29. The zero-order valence-corrected chi connectivity index (χ0v) is 20.1. The summed E-state index contributed by atoms with van der Waals surface area (Å²) >= 11 is 0. The van der Waals surface area contributed by atoms with Gasteiger partial charge in [0.15, 0.2) is 5.65 Å². The van der Waals surface area contributed by atoms with Crippen LogP contribution in [0.25, 0.3) is 22.3 Å². The van der Waals surface area contributed by atoms with E-state index in [0.717, 1.165) is 35.4 Å². The molecule has 0 bridgehead atoms. The summed E-state index contributed by atoms with van der Waals surface area (Å²) in [7, 11) is 2.16. The van der Waals surface area contributed by atoms with Crippen molar-refractivity contribution < 1.29 is 4.79 Å². The first-order valence-electron chi connectivity index (χ1n) is 11.5. The van der Waals surface area contributed by atoms with Crippen LogP contribution in [0.4, 0.5) is 10.5 Å². The molecule has 0 atom stereocenters. The van der Waals surface area contributed by atoms with Gasteiger partial charge in [0, 0.05) is 24.2 Å². The number of anilines is 1. The van der Waals surface area contributed by atoms with Gasteiger partial charge in [0.2, 0.25) is 0 Å². The summed E-state index contributed by atoms with van der Waals surface area (Å²) in [5.74, 6) is 0. The summed E-state index contributed by atoms with van der Waals surface area (Å²) < 4.78 is 1.90. The molecule has 0 spiro atoms. The van der Waals surface area contributed by atoms with E-state index in [1.54, 1.807) is 6.20 Å². The maximum Gasteiger partial charge on any atom is 0.319 e. The molecule has 3 rings (SSSR count). The fraction of sp³-hybridized carbons (Fsp3) is 0.480. The molecule has 0 radical (unpaired) electrons. The van der Waals surface area contributed by atoms with Crippen LogP contribution < -0.4 is 10.6 Å². The summed E-state index contributed by atoms with van der Waals surface area (Å²) in [5.41, 5.74) is 4.56. The quantitative estimate of drug-likeness (QED) is 0.468.